The molecule has 0 saturated heterocycles. The van der Waals surface area contributed by atoms with Gasteiger partial charge in [0.1, 0.15) is 0 Å². The van der Waals surface area contributed by atoms with Crippen LogP contribution in [-0.2, 0) is 0 Å². The fourth-order valence-corrected chi connectivity index (χ4v) is 3.14. The normalized spacial score (nSPS) is 11.1. The van der Waals surface area contributed by atoms with Gasteiger partial charge in [-0.3, -0.25) is 9.36 Å². The lowest BCUT2D eigenvalue weighted by Gasteiger charge is -2.13. The van der Waals surface area contributed by atoms with Crippen LogP contribution in [0.5, 0.6) is 0 Å². The third-order valence-electron chi connectivity index (χ3n) is 3.88. The second kappa shape index (κ2) is 5.11. The first-order valence-electron chi connectivity index (χ1n) is 7.04. The summed E-state index contributed by atoms with van der Waals surface area (Å²) in [4.78, 5) is 13.0. The zero-order valence-electron chi connectivity index (χ0n) is 11.7. The maximum absolute atomic E-state index is 13.0. The quantitative estimate of drug-likeness (QED) is 0.447. The van der Waals surface area contributed by atoms with Crippen molar-refractivity contribution in [3.05, 3.63) is 87.6 Å². The number of hydrogen-bond donors (Lipinski definition) is 0. The van der Waals surface area contributed by atoms with Crippen molar-refractivity contribution in [2.75, 3.05) is 0 Å². The van der Waals surface area contributed by atoms with Crippen molar-refractivity contribution in [1.82, 2.24) is 4.57 Å². The molecule has 106 valence electrons. The maximum Gasteiger partial charge on any atom is 0.263 e. The molecule has 0 N–H and O–H groups in total. The molecule has 1 heterocycles. The van der Waals surface area contributed by atoms with E-state index in [-0.39, 0.29) is 5.56 Å². The van der Waals surface area contributed by atoms with Crippen LogP contribution in [0.15, 0.2) is 82.1 Å². The lowest BCUT2D eigenvalue weighted by atomic mass is 10.1. The number of pyridine rings is 1. The Morgan fingerprint density at radius 3 is 2.00 bits per heavy atom. The Labute approximate surface area is 135 Å². The minimum atomic E-state index is 0.0108. The first kappa shape index (κ1) is 13.3. The summed E-state index contributed by atoms with van der Waals surface area (Å²) in [6.07, 6.45) is 0. The molecular formula is C19H12BrNO. The molecule has 0 amide bonds. The second-order valence-corrected chi connectivity index (χ2v) is 6.10. The monoisotopic (exact) mass is 349 g/mol. The summed E-state index contributed by atoms with van der Waals surface area (Å²) in [5.74, 6) is 0. The first-order valence-corrected chi connectivity index (χ1v) is 7.83. The average molecular weight is 350 g/mol. The van der Waals surface area contributed by atoms with Gasteiger partial charge in [0.15, 0.2) is 0 Å². The molecule has 0 aliphatic rings. The predicted molar refractivity (Wildman–Crippen MR) is 94.8 cm³/mol. The van der Waals surface area contributed by atoms with E-state index in [0.29, 0.717) is 0 Å². The van der Waals surface area contributed by atoms with Gasteiger partial charge in [-0.15, -0.1) is 0 Å². The first-order chi connectivity index (χ1) is 10.8. The number of hydrogen-bond acceptors (Lipinski definition) is 1. The Kier molecular flexibility index (Phi) is 3.09. The van der Waals surface area contributed by atoms with E-state index in [1.165, 1.54) is 0 Å². The van der Waals surface area contributed by atoms with Crippen LogP contribution >= 0.6 is 15.9 Å². The molecule has 22 heavy (non-hydrogen) atoms. The topological polar surface area (TPSA) is 22.0 Å². The van der Waals surface area contributed by atoms with E-state index in [9.17, 15) is 4.79 Å². The van der Waals surface area contributed by atoms with Gasteiger partial charge in [-0.2, -0.15) is 0 Å². The number of halogens is 1. The minimum Gasteiger partial charge on any atom is -0.276 e. The van der Waals surface area contributed by atoms with Gasteiger partial charge in [0, 0.05) is 20.9 Å². The number of nitrogens with zero attached hydrogens (tertiary/aromatic N) is 1. The van der Waals surface area contributed by atoms with Crippen LogP contribution in [0.2, 0.25) is 0 Å². The Morgan fingerprint density at radius 2 is 1.27 bits per heavy atom. The molecule has 0 aliphatic carbocycles. The van der Waals surface area contributed by atoms with E-state index in [0.717, 1.165) is 31.8 Å². The van der Waals surface area contributed by atoms with Crippen LogP contribution in [0.1, 0.15) is 0 Å². The molecule has 3 aromatic carbocycles. The number of benzene rings is 3. The molecule has 3 heteroatoms. The highest BCUT2D eigenvalue weighted by atomic mass is 79.9. The second-order valence-electron chi connectivity index (χ2n) is 5.18. The van der Waals surface area contributed by atoms with E-state index in [1.807, 2.05) is 66.7 Å². The molecule has 0 atom stereocenters. The van der Waals surface area contributed by atoms with E-state index in [4.69, 9.17) is 0 Å². The Hall–Kier alpha value is -2.39. The van der Waals surface area contributed by atoms with Crippen molar-refractivity contribution < 1.29 is 0 Å². The highest BCUT2D eigenvalue weighted by Gasteiger charge is 2.11. The molecule has 0 saturated carbocycles. The van der Waals surface area contributed by atoms with Crippen LogP contribution < -0.4 is 5.56 Å². The molecular weight excluding hydrogens is 338 g/mol. The summed E-state index contributed by atoms with van der Waals surface area (Å²) in [6.45, 7) is 0. The van der Waals surface area contributed by atoms with Crippen LogP contribution in [0.3, 0.4) is 0 Å². The SMILES string of the molecule is O=c1c2ccccc2c2ccccc2n1-c1ccc(Br)cc1. The largest absolute Gasteiger partial charge is 0.276 e. The van der Waals surface area contributed by atoms with E-state index in [1.54, 1.807) is 4.57 Å². The fraction of sp³-hybridized carbons (Fsp3) is 0. The standard InChI is InChI=1S/C19H12BrNO/c20-13-9-11-14(12-10-13)21-18-8-4-3-6-16(18)15-5-1-2-7-17(15)19(21)22/h1-12H. The van der Waals surface area contributed by atoms with Gasteiger partial charge in [-0.25, -0.2) is 0 Å². The molecule has 0 radical (unpaired) electrons. The Balaban J connectivity index is 2.23. The molecule has 0 bridgehead atoms. The lowest BCUT2D eigenvalue weighted by Crippen LogP contribution is -2.19. The summed E-state index contributed by atoms with van der Waals surface area (Å²) in [5.41, 5.74) is 1.81. The molecule has 4 rings (SSSR count). The Bertz CT molecular complexity index is 1050. The number of fused-ring (bicyclic) bond motifs is 3. The third-order valence-corrected chi connectivity index (χ3v) is 4.41. The van der Waals surface area contributed by atoms with Crippen molar-refractivity contribution in [3.63, 3.8) is 0 Å². The van der Waals surface area contributed by atoms with Crippen molar-refractivity contribution in [1.29, 1.82) is 0 Å². The van der Waals surface area contributed by atoms with Crippen LogP contribution in [0.25, 0.3) is 27.4 Å². The van der Waals surface area contributed by atoms with Gasteiger partial charge >= 0.3 is 0 Å². The van der Waals surface area contributed by atoms with Crippen LogP contribution in [-0.4, -0.2) is 4.57 Å². The molecule has 4 aromatic rings. The summed E-state index contributed by atoms with van der Waals surface area (Å²) >= 11 is 3.44. The van der Waals surface area contributed by atoms with Crippen LogP contribution in [0.4, 0.5) is 0 Å². The van der Waals surface area contributed by atoms with Gasteiger partial charge in [-0.05, 0) is 41.8 Å². The molecule has 2 nitrogen and oxygen atoms in total. The third kappa shape index (κ3) is 1.97. The summed E-state index contributed by atoms with van der Waals surface area (Å²) < 4.78 is 2.78. The highest BCUT2D eigenvalue weighted by Crippen LogP contribution is 2.25. The highest BCUT2D eigenvalue weighted by molar-refractivity contribution is 9.10. The van der Waals surface area contributed by atoms with Gasteiger partial charge in [0.2, 0.25) is 0 Å². The van der Waals surface area contributed by atoms with Gasteiger partial charge in [0.05, 0.1) is 5.52 Å². The predicted octanol–water partition coefficient (Wildman–Crippen LogP) is 4.91. The Morgan fingerprint density at radius 1 is 0.682 bits per heavy atom. The zero-order chi connectivity index (χ0) is 15.1. The van der Waals surface area contributed by atoms with Crippen molar-refractivity contribution in [2.45, 2.75) is 0 Å². The van der Waals surface area contributed by atoms with Crippen molar-refractivity contribution in [3.8, 4) is 5.69 Å². The zero-order valence-corrected chi connectivity index (χ0v) is 13.2. The van der Waals surface area contributed by atoms with Gasteiger partial charge in [0.25, 0.3) is 5.56 Å². The molecule has 0 aliphatic heterocycles. The lowest BCUT2D eigenvalue weighted by molar-refractivity contribution is 1.06. The molecule has 0 unspecified atom stereocenters. The average Bonchev–Trinajstić information content (AvgIpc) is 2.57. The van der Waals surface area contributed by atoms with Crippen molar-refractivity contribution >= 4 is 37.6 Å². The van der Waals surface area contributed by atoms with E-state index < -0.39 is 0 Å². The number of para-hydroxylation sites is 1. The van der Waals surface area contributed by atoms with Crippen molar-refractivity contribution in [2.24, 2.45) is 0 Å². The van der Waals surface area contributed by atoms with E-state index in [2.05, 4.69) is 22.0 Å². The minimum absolute atomic E-state index is 0.0108. The van der Waals surface area contributed by atoms with E-state index >= 15 is 0 Å². The molecule has 0 spiro atoms. The number of rotatable bonds is 1. The van der Waals surface area contributed by atoms with Crippen LogP contribution in [0, 0.1) is 0 Å². The summed E-state index contributed by atoms with van der Waals surface area (Å²) in [7, 11) is 0. The fourth-order valence-electron chi connectivity index (χ4n) is 2.88. The summed E-state index contributed by atoms with van der Waals surface area (Å²) in [6, 6.07) is 23.6. The maximum atomic E-state index is 13.0. The summed E-state index contributed by atoms with van der Waals surface area (Å²) in [5, 5.41) is 2.82. The molecule has 1 aromatic heterocycles. The number of aromatic nitrogens is 1. The smallest absolute Gasteiger partial charge is 0.263 e. The molecule has 0 fully saturated rings. The van der Waals surface area contributed by atoms with Gasteiger partial charge < -0.3 is 0 Å². The van der Waals surface area contributed by atoms with Gasteiger partial charge in [-0.1, -0.05) is 52.3 Å².